The van der Waals surface area contributed by atoms with Crippen molar-refractivity contribution in [2.45, 2.75) is 19.3 Å². The molecule has 10 aromatic carbocycles. The maximum absolute atomic E-state index is 6.57. The molecular formula is C59H37NO3. The highest BCUT2D eigenvalue weighted by molar-refractivity contribution is 6.28. The van der Waals surface area contributed by atoms with E-state index in [4.69, 9.17) is 13.3 Å². The van der Waals surface area contributed by atoms with Crippen LogP contribution in [0.3, 0.4) is 0 Å². The highest BCUT2D eigenvalue weighted by Crippen LogP contribution is 2.53. The highest BCUT2D eigenvalue weighted by Gasteiger charge is 2.37. The molecule has 1 aliphatic carbocycles. The molecule has 0 spiro atoms. The van der Waals surface area contributed by atoms with Gasteiger partial charge in [-0.2, -0.15) is 0 Å². The molecule has 0 unspecified atom stereocenters. The quantitative estimate of drug-likeness (QED) is 0.166. The van der Waals surface area contributed by atoms with E-state index in [2.05, 4.69) is 170 Å². The summed E-state index contributed by atoms with van der Waals surface area (Å²) in [6.07, 6.45) is 0. The van der Waals surface area contributed by atoms with Gasteiger partial charge in [0, 0.05) is 60.6 Å². The Balaban J connectivity index is 0.954. The lowest BCUT2D eigenvalue weighted by molar-refractivity contribution is 0.660. The van der Waals surface area contributed by atoms with Gasteiger partial charge in [-0.15, -0.1) is 0 Å². The Labute approximate surface area is 361 Å². The number of para-hydroxylation sites is 2. The van der Waals surface area contributed by atoms with Crippen LogP contribution in [0, 0.1) is 0 Å². The van der Waals surface area contributed by atoms with Gasteiger partial charge in [0.05, 0.1) is 5.69 Å². The summed E-state index contributed by atoms with van der Waals surface area (Å²) in [5, 5.41) is 11.5. The second kappa shape index (κ2) is 12.5. The second-order valence-electron chi connectivity index (χ2n) is 17.6. The number of benzene rings is 10. The second-order valence-corrected chi connectivity index (χ2v) is 17.6. The molecule has 63 heavy (non-hydrogen) atoms. The van der Waals surface area contributed by atoms with Crippen LogP contribution in [0.4, 0.5) is 17.1 Å². The van der Waals surface area contributed by atoms with Crippen molar-refractivity contribution in [2.24, 2.45) is 0 Å². The van der Waals surface area contributed by atoms with E-state index in [0.717, 1.165) is 94.0 Å². The molecule has 3 aromatic heterocycles. The Kier molecular flexibility index (Phi) is 6.87. The number of furan rings is 3. The minimum Gasteiger partial charge on any atom is -0.456 e. The first-order valence-electron chi connectivity index (χ1n) is 21.7. The van der Waals surface area contributed by atoms with Crippen LogP contribution in [0.2, 0.25) is 0 Å². The summed E-state index contributed by atoms with van der Waals surface area (Å²) in [5.41, 5.74) is 15.6. The summed E-state index contributed by atoms with van der Waals surface area (Å²) in [7, 11) is 0. The standard InChI is InChI=1S/C59H37NO3/c1-59(2)47-30-35(39-18-11-21-52-56(39)58-54(63-52)29-28-53-57(58)46-17-8-10-20-51(46)61-53)22-25-41(47)42-26-23-36(32-48(42)59)60(37-24-27-45-44-16-7-9-19-50(44)62-55(45)33-37)49-31-34-12-3-4-13-38(34)40-14-5-6-15-43(40)49/h3-33H,1-2H3. The molecule has 0 bridgehead atoms. The number of anilines is 3. The van der Waals surface area contributed by atoms with Gasteiger partial charge >= 0.3 is 0 Å². The molecule has 0 atom stereocenters. The molecule has 3 heterocycles. The zero-order valence-electron chi connectivity index (χ0n) is 34.6. The lowest BCUT2D eigenvalue weighted by atomic mass is 9.81. The smallest absolute Gasteiger partial charge is 0.137 e. The molecule has 0 saturated carbocycles. The van der Waals surface area contributed by atoms with Gasteiger partial charge in [0.25, 0.3) is 0 Å². The molecule has 0 aliphatic heterocycles. The summed E-state index contributed by atoms with van der Waals surface area (Å²) in [6.45, 7) is 4.74. The van der Waals surface area contributed by atoms with Crippen LogP contribution in [0.1, 0.15) is 25.0 Å². The maximum Gasteiger partial charge on any atom is 0.137 e. The SMILES string of the molecule is CC1(C)c2cc(-c3cccc4oc5ccc6oc7ccccc7c6c5c34)ccc2-c2ccc(N(c3ccc4c(c3)oc3ccccc34)c3cc4ccccc4c4ccccc34)cc21. The summed E-state index contributed by atoms with van der Waals surface area (Å²) in [5.74, 6) is 0. The van der Waals surface area contributed by atoms with E-state index in [9.17, 15) is 0 Å². The van der Waals surface area contributed by atoms with Crippen molar-refractivity contribution in [1.82, 2.24) is 0 Å². The Morgan fingerprint density at radius 2 is 0.921 bits per heavy atom. The first-order valence-corrected chi connectivity index (χ1v) is 21.7. The molecule has 13 aromatic rings. The van der Waals surface area contributed by atoms with E-state index in [1.807, 2.05) is 36.4 Å². The predicted molar refractivity (Wildman–Crippen MR) is 261 cm³/mol. The van der Waals surface area contributed by atoms with Crippen molar-refractivity contribution in [1.29, 1.82) is 0 Å². The first kappa shape index (κ1) is 34.6. The Hall–Kier alpha value is -8.08. The van der Waals surface area contributed by atoms with Gasteiger partial charge in [0.1, 0.15) is 33.5 Å². The Bertz CT molecular complexity index is 4080. The summed E-state index contributed by atoms with van der Waals surface area (Å²) in [6, 6.07) is 67.7. The summed E-state index contributed by atoms with van der Waals surface area (Å²) < 4.78 is 19.4. The van der Waals surface area contributed by atoms with Crippen molar-refractivity contribution < 1.29 is 13.3 Å². The minimum absolute atomic E-state index is 0.295. The van der Waals surface area contributed by atoms with Gasteiger partial charge in [-0.1, -0.05) is 129 Å². The monoisotopic (exact) mass is 807 g/mol. The van der Waals surface area contributed by atoms with Crippen molar-refractivity contribution >= 4 is 104 Å². The van der Waals surface area contributed by atoms with E-state index in [1.54, 1.807) is 0 Å². The fourth-order valence-electron chi connectivity index (χ4n) is 10.9. The van der Waals surface area contributed by atoms with Gasteiger partial charge < -0.3 is 18.2 Å². The number of fused-ring (bicyclic) bond motifs is 16. The van der Waals surface area contributed by atoms with Gasteiger partial charge in [-0.25, -0.2) is 0 Å². The third-order valence-corrected chi connectivity index (χ3v) is 13.8. The molecule has 4 heteroatoms. The van der Waals surface area contributed by atoms with E-state index in [0.29, 0.717) is 0 Å². The van der Waals surface area contributed by atoms with E-state index in [1.165, 1.54) is 43.8 Å². The average molecular weight is 808 g/mol. The van der Waals surface area contributed by atoms with Gasteiger partial charge in [-0.05, 0) is 116 Å². The third kappa shape index (κ3) is 4.81. The maximum atomic E-state index is 6.57. The zero-order chi connectivity index (χ0) is 41.6. The number of hydrogen-bond acceptors (Lipinski definition) is 4. The van der Waals surface area contributed by atoms with Gasteiger partial charge in [0.2, 0.25) is 0 Å². The lowest BCUT2D eigenvalue weighted by Crippen LogP contribution is -2.17. The van der Waals surface area contributed by atoms with Crippen LogP contribution < -0.4 is 4.90 Å². The van der Waals surface area contributed by atoms with Gasteiger partial charge in [0.15, 0.2) is 0 Å². The molecular weight excluding hydrogens is 771 g/mol. The normalized spacial score (nSPS) is 13.4. The molecule has 0 amide bonds. The number of rotatable bonds is 4. The van der Waals surface area contributed by atoms with Crippen molar-refractivity contribution in [3.8, 4) is 22.3 Å². The van der Waals surface area contributed by atoms with Crippen LogP contribution in [0.5, 0.6) is 0 Å². The molecule has 1 aliphatic rings. The molecule has 0 saturated heterocycles. The number of hydrogen-bond donors (Lipinski definition) is 0. The first-order chi connectivity index (χ1) is 31.0. The molecule has 296 valence electrons. The van der Waals surface area contributed by atoms with Crippen molar-refractivity contribution in [2.75, 3.05) is 4.90 Å². The minimum atomic E-state index is -0.295. The molecule has 0 N–H and O–H groups in total. The van der Waals surface area contributed by atoms with Crippen LogP contribution in [0.25, 0.3) is 110 Å². The Morgan fingerprint density at radius 3 is 1.76 bits per heavy atom. The average Bonchev–Trinajstić information content (AvgIpc) is 4.06. The largest absolute Gasteiger partial charge is 0.456 e. The van der Waals surface area contributed by atoms with Crippen LogP contribution in [-0.2, 0) is 5.41 Å². The molecule has 0 radical (unpaired) electrons. The van der Waals surface area contributed by atoms with E-state index in [-0.39, 0.29) is 5.41 Å². The van der Waals surface area contributed by atoms with Crippen LogP contribution in [0.15, 0.2) is 201 Å². The Morgan fingerprint density at radius 1 is 0.349 bits per heavy atom. The summed E-state index contributed by atoms with van der Waals surface area (Å²) in [4.78, 5) is 2.43. The fourth-order valence-corrected chi connectivity index (χ4v) is 10.9. The van der Waals surface area contributed by atoms with Crippen LogP contribution >= 0.6 is 0 Å². The van der Waals surface area contributed by atoms with E-state index >= 15 is 0 Å². The summed E-state index contributed by atoms with van der Waals surface area (Å²) >= 11 is 0. The van der Waals surface area contributed by atoms with E-state index < -0.39 is 0 Å². The van der Waals surface area contributed by atoms with Crippen molar-refractivity contribution in [3.05, 3.63) is 199 Å². The number of nitrogens with zero attached hydrogens (tertiary/aromatic N) is 1. The van der Waals surface area contributed by atoms with Crippen LogP contribution in [-0.4, -0.2) is 0 Å². The predicted octanol–water partition coefficient (Wildman–Crippen LogP) is 17.1. The van der Waals surface area contributed by atoms with Crippen molar-refractivity contribution in [3.63, 3.8) is 0 Å². The molecule has 14 rings (SSSR count). The third-order valence-electron chi connectivity index (χ3n) is 13.8. The molecule has 0 fully saturated rings. The topological polar surface area (TPSA) is 42.7 Å². The zero-order valence-corrected chi connectivity index (χ0v) is 34.6. The molecule has 4 nitrogen and oxygen atoms in total. The van der Waals surface area contributed by atoms with Gasteiger partial charge in [-0.3, -0.25) is 0 Å². The lowest BCUT2D eigenvalue weighted by Gasteiger charge is -2.29. The highest BCUT2D eigenvalue weighted by atomic mass is 16.3. The fraction of sp³-hybridized carbons (Fsp3) is 0.0508.